The third-order valence-electron chi connectivity index (χ3n) is 4.35. The maximum Gasteiger partial charge on any atom is 0.471 e. The molecule has 0 N–H and O–H groups in total. The number of carbonyl (C=O) groups excluding carboxylic acids is 2. The maximum absolute atomic E-state index is 12.6. The summed E-state index contributed by atoms with van der Waals surface area (Å²) in [4.78, 5) is 23.7. The molecule has 3 rings (SSSR count). The van der Waals surface area contributed by atoms with Crippen LogP contribution in [0, 0.1) is 0 Å². The number of Topliss-reactive ketones (excluding diaryl/α,β-unsaturated/α-hetero) is 1. The van der Waals surface area contributed by atoms with Crippen LogP contribution in [0.5, 0.6) is 0 Å². The van der Waals surface area contributed by atoms with Crippen LogP contribution in [-0.4, -0.2) is 35.9 Å². The molecular weight excluding hydrogens is 283 g/mol. The molecule has 0 radical (unpaired) electrons. The molecule has 0 spiro atoms. The number of hydrogen-bond acceptors (Lipinski definition) is 2. The Balaban J connectivity index is 1.90. The molecule has 1 fully saturated rings. The van der Waals surface area contributed by atoms with Crippen LogP contribution in [0.2, 0.25) is 0 Å². The van der Waals surface area contributed by atoms with Crippen LogP contribution < -0.4 is 0 Å². The monoisotopic (exact) mass is 297 g/mol. The van der Waals surface area contributed by atoms with Crippen LogP contribution in [-0.2, 0) is 4.79 Å². The van der Waals surface area contributed by atoms with Gasteiger partial charge in [-0.1, -0.05) is 12.1 Å². The number of halogens is 3. The summed E-state index contributed by atoms with van der Waals surface area (Å²) in [5.41, 5.74) is 2.46. The molecule has 2 atom stereocenters. The normalized spacial score (nSPS) is 23.9. The van der Waals surface area contributed by atoms with Gasteiger partial charge in [0.05, 0.1) is 0 Å². The van der Waals surface area contributed by atoms with Crippen LogP contribution in [0.15, 0.2) is 18.2 Å². The minimum atomic E-state index is -4.83. The number of hydrogen-bond donors (Lipinski definition) is 0. The molecule has 1 aromatic rings. The van der Waals surface area contributed by atoms with Crippen molar-refractivity contribution in [3.8, 4) is 0 Å². The van der Waals surface area contributed by atoms with Gasteiger partial charge in [-0.05, 0) is 30.5 Å². The number of benzene rings is 1. The zero-order valence-electron chi connectivity index (χ0n) is 11.4. The van der Waals surface area contributed by atoms with Crippen LogP contribution in [0.1, 0.15) is 46.7 Å². The van der Waals surface area contributed by atoms with Gasteiger partial charge >= 0.3 is 12.1 Å². The van der Waals surface area contributed by atoms with Crippen molar-refractivity contribution >= 4 is 11.7 Å². The summed E-state index contributed by atoms with van der Waals surface area (Å²) in [6, 6.07) is 5.29. The zero-order chi connectivity index (χ0) is 15.4. The fraction of sp³-hybridized carbons (Fsp3) is 0.467. The van der Waals surface area contributed by atoms with Crippen molar-refractivity contribution in [2.24, 2.45) is 0 Å². The van der Waals surface area contributed by atoms with Crippen molar-refractivity contribution in [1.82, 2.24) is 4.90 Å². The summed E-state index contributed by atoms with van der Waals surface area (Å²) in [6.07, 6.45) is -4.08. The first-order valence-electron chi connectivity index (χ1n) is 6.78. The van der Waals surface area contributed by atoms with Gasteiger partial charge in [-0.3, -0.25) is 9.59 Å². The van der Waals surface area contributed by atoms with Gasteiger partial charge in [0.2, 0.25) is 0 Å². The number of rotatable bonds is 1. The van der Waals surface area contributed by atoms with Crippen molar-refractivity contribution < 1.29 is 22.8 Å². The molecule has 1 aliphatic heterocycles. The number of fused-ring (bicyclic) bond motifs is 5. The number of carbonyl (C=O) groups is 2. The summed E-state index contributed by atoms with van der Waals surface area (Å²) in [5.74, 6) is -2.00. The maximum atomic E-state index is 12.6. The van der Waals surface area contributed by atoms with Crippen LogP contribution >= 0.6 is 0 Å². The smallest absolute Gasteiger partial charge is 0.334 e. The van der Waals surface area contributed by atoms with E-state index in [-0.39, 0.29) is 30.7 Å². The van der Waals surface area contributed by atoms with E-state index in [9.17, 15) is 22.8 Å². The lowest BCUT2D eigenvalue weighted by Crippen LogP contribution is -2.46. The van der Waals surface area contributed by atoms with E-state index in [1.54, 1.807) is 12.1 Å². The third kappa shape index (κ3) is 2.32. The predicted octanol–water partition coefficient (Wildman–Crippen LogP) is 2.86. The Morgan fingerprint density at radius 3 is 2.33 bits per heavy atom. The lowest BCUT2D eigenvalue weighted by Gasteiger charge is -2.32. The highest BCUT2D eigenvalue weighted by molar-refractivity contribution is 5.94. The van der Waals surface area contributed by atoms with Gasteiger partial charge < -0.3 is 4.90 Å². The molecule has 2 bridgehead atoms. The van der Waals surface area contributed by atoms with E-state index >= 15 is 0 Å². The average Bonchev–Trinajstić information content (AvgIpc) is 2.68. The second-order valence-corrected chi connectivity index (χ2v) is 5.74. The van der Waals surface area contributed by atoms with Crippen LogP contribution in [0.25, 0.3) is 0 Å². The molecule has 3 nitrogen and oxygen atoms in total. The van der Waals surface area contributed by atoms with Crippen molar-refractivity contribution in [2.45, 2.75) is 31.4 Å². The molecule has 1 aromatic carbocycles. The standard InChI is InChI=1S/C15H14F3NO2/c1-8(20)9-2-3-12-10-4-11(13(12)5-9)7-19(6-10)14(21)15(16,17)18/h2-3,5,10-11H,4,6-7H2,1H3/t10-,11-/m0/s1. The first-order chi connectivity index (χ1) is 9.77. The summed E-state index contributed by atoms with van der Waals surface area (Å²) >= 11 is 0. The zero-order valence-corrected chi connectivity index (χ0v) is 11.4. The second kappa shape index (κ2) is 4.58. The lowest BCUT2D eigenvalue weighted by molar-refractivity contribution is -0.186. The van der Waals surface area contributed by atoms with Crippen LogP contribution in [0.4, 0.5) is 13.2 Å². The predicted molar refractivity (Wildman–Crippen MR) is 69.2 cm³/mol. The van der Waals surface area contributed by atoms with Gasteiger partial charge in [0.25, 0.3) is 0 Å². The lowest BCUT2D eigenvalue weighted by atomic mass is 9.95. The molecule has 0 saturated carbocycles. The Bertz CT molecular complexity index is 624. The quantitative estimate of drug-likeness (QED) is 0.747. The Hall–Kier alpha value is -1.85. The minimum Gasteiger partial charge on any atom is -0.334 e. The molecular formula is C15H14F3NO2. The molecule has 1 saturated heterocycles. The number of nitrogens with zero attached hydrogens (tertiary/aromatic N) is 1. The summed E-state index contributed by atoms with van der Waals surface area (Å²) < 4.78 is 37.7. The highest BCUT2D eigenvalue weighted by Crippen LogP contribution is 2.46. The van der Waals surface area contributed by atoms with E-state index in [4.69, 9.17) is 0 Å². The molecule has 1 aliphatic carbocycles. The molecule has 2 aliphatic rings. The van der Waals surface area contributed by atoms with E-state index in [1.165, 1.54) is 6.92 Å². The van der Waals surface area contributed by atoms with Gasteiger partial charge in [-0.2, -0.15) is 13.2 Å². The molecule has 1 amide bonds. The van der Waals surface area contributed by atoms with E-state index in [2.05, 4.69) is 0 Å². The number of piperidine rings is 1. The summed E-state index contributed by atoms with van der Waals surface area (Å²) in [6.45, 7) is 1.63. The first-order valence-corrected chi connectivity index (χ1v) is 6.78. The number of ketones is 1. The third-order valence-corrected chi connectivity index (χ3v) is 4.35. The molecule has 112 valence electrons. The van der Waals surface area contributed by atoms with Gasteiger partial charge in [0.15, 0.2) is 5.78 Å². The molecule has 6 heteroatoms. The van der Waals surface area contributed by atoms with E-state index in [1.807, 2.05) is 6.07 Å². The van der Waals surface area contributed by atoms with Gasteiger partial charge in [-0.25, -0.2) is 0 Å². The van der Waals surface area contributed by atoms with E-state index < -0.39 is 12.1 Å². The topological polar surface area (TPSA) is 37.4 Å². The van der Waals surface area contributed by atoms with E-state index in [0.29, 0.717) is 5.56 Å². The molecule has 0 aromatic heterocycles. The average molecular weight is 297 g/mol. The van der Waals surface area contributed by atoms with Crippen molar-refractivity contribution in [3.63, 3.8) is 0 Å². The second-order valence-electron chi connectivity index (χ2n) is 5.74. The first kappa shape index (κ1) is 14.1. The van der Waals surface area contributed by atoms with Crippen molar-refractivity contribution in [3.05, 3.63) is 34.9 Å². The Morgan fingerprint density at radius 1 is 1.14 bits per heavy atom. The van der Waals surface area contributed by atoms with E-state index in [0.717, 1.165) is 22.4 Å². The van der Waals surface area contributed by atoms with Crippen molar-refractivity contribution in [1.29, 1.82) is 0 Å². The Labute approximate surface area is 119 Å². The fourth-order valence-electron chi connectivity index (χ4n) is 3.41. The Kier molecular flexibility index (Phi) is 3.07. The number of likely N-dealkylation sites (tertiary alicyclic amines) is 1. The van der Waals surface area contributed by atoms with Gasteiger partial charge in [0, 0.05) is 30.5 Å². The number of alkyl halides is 3. The Morgan fingerprint density at radius 2 is 1.76 bits per heavy atom. The summed E-state index contributed by atoms with van der Waals surface area (Å²) in [7, 11) is 0. The molecule has 1 heterocycles. The SMILES string of the molecule is CC(=O)c1ccc2c(c1)[C@H]1C[C@H]2CN(C(=O)C(F)(F)F)C1. The fourth-order valence-corrected chi connectivity index (χ4v) is 3.41. The van der Waals surface area contributed by atoms with Gasteiger partial charge in [-0.15, -0.1) is 0 Å². The summed E-state index contributed by atoms with van der Waals surface area (Å²) in [5, 5.41) is 0. The van der Waals surface area contributed by atoms with Crippen molar-refractivity contribution in [2.75, 3.05) is 13.1 Å². The minimum absolute atomic E-state index is 0.0638. The highest BCUT2D eigenvalue weighted by atomic mass is 19.4. The molecule has 21 heavy (non-hydrogen) atoms. The van der Waals surface area contributed by atoms with Gasteiger partial charge in [0.1, 0.15) is 0 Å². The number of amides is 1. The highest BCUT2D eigenvalue weighted by Gasteiger charge is 2.47. The molecule has 0 unspecified atom stereocenters. The van der Waals surface area contributed by atoms with Crippen LogP contribution in [0.3, 0.4) is 0 Å². The largest absolute Gasteiger partial charge is 0.471 e.